The zero-order valence-electron chi connectivity index (χ0n) is 38.0. The lowest BCUT2D eigenvalue weighted by Crippen LogP contribution is -2.22. The van der Waals surface area contributed by atoms with Gasteiger partial charge in [-0.25, -0.2) is 0 Å². The molecule has 67 heavy (non-hydrogen) atoms. The Balaban J connectivity index is 1.06. The Hall–Kier alpha value is -7.94. The molecule has 7 aromatic carbocycles. The van der Waals surface area contributed by atoms with Gasteiger partial charge in [0.1, 0.15) is 0 Å². The van der Waals surface area contributed by atoms with Crippen LogP contribution in [-0.4, -0.2) is 0 Å². The van der Waals surface area contributed by atoms with Crippen molar-refractivity contribution in [3.8, 4) is 22.3 Å². The first-order chi connectivity index (χ1) is 33.1. The highest BCUT2D eigenvalue weighted by Crippen LogP contribution is 2.46. The fraction of sp³-hybridized carbons (Fsp3) is 0.108. The Bertz CT molecular complexity index is 3340. The lowest BCUT2D eigenvalue weighted by atomic mass is 9.79. The average Bonchev–Trinajstić information content (AvgIpc) is 3.45. The largest absolute Gasteiger partial charge is 0.318 e. The van der Waals surface area contributed by atoms with Crippen LogP contribution in [0.15, 0.2) is 237 Å². The molecule has 0 spiro atoms. The molecule has 0 saturated carbocycles. The molecule has 2 nitrogen and oxygen atoms in total. The van der Waals surface area contributed by atoms with E-state index >= 15 is 0 Å². The highest BCUT2D eigenvalue weighted by atomic mass is 15.2. The standard InChI is InChI=1S/C65H54N2/c1-3-4-5-19-44-66-46(2)32-38-52(41-35-48-20-10-18-31-63(48)66)67(53-39-33-47(34-40-53)62-45-51-23-9-11-24-55(51)56-25-12-13-28-59(56)62)54-42-36-50(37-43-54)65-61-30-17-15-27-58(61)57-26-14-16-29-60(57)64(65)49-21-7-6-8-22-49/h3-10,13-23,26-33,36-39,41-45H,1-2,11-12,24-25,34-35,40H2/b5-4-,38-32-,44-19-,52-41+. The van der Waals surface area contributed by atoms with Crippen molar-refractivity contribution in [3.05, 3.63) is 270 Å². The van der Waals surface area contributed by atoms with E-state index in [1.807, 2.05) is 18.2 Å². The molecular formula is C65H54N2. The molecule has 0 unspecified atom stereocenters. The predicted molar refractivity (Wildman–Crippen MR) is 289 cm³/mol. The van der Waals surface area contributed by atoms with Gasteiger partial charge in [0.25, 0.3) is 0 Å². The summed E-state index contributed by atoms with van der Waals surface area (Å²) < 4.78 is 0. The van der Waals surface area contributed by atoms with Gasteiger partial charge in [0.2, 0.25) is 0 Å². The second kappa shape index (κ2) is 18.5. The Morgan fingerprint density at radius 1 is 0.567 bits per heavy atom. The molecule has 1 heterocycles. The summed E-state index contributed by atoms with van der Waals surface area (Å²) in [5.74, 6) is 0. The molecule has 7 aromatic rings. The van der Waals surface area contributed by atoms with Crippen LogP contribution in [0.2, 0.25) is 0 Å². The van der Waals surface area contributed by atoms with Gasteiger partial charge in [-0.15, -0.1) is 0 Å². The van der Waals surface area contributed by atoms with Crippen LogP contribution >= 0.6 is 0 Å². The van der Waals surface area contributed by atoms with Crippen LogP contribution < -0.4 is 9.80 Å². The van der Waals surface area contributed by atoms with E-state index in [1.165, 1.54) is 77.3 Å². The molecule has 0 radical (unpaired) electrons. The molecule has 0 aromatic heterocycles. The zero-order chi connectivity index (χ0) is 45.1. The molecule has 0 fully saturated rings. The van der Waals surface area contributed by atoms with E-state index in [2.05, 4.69) is 217 Å². The molecule has 1 aliphatic heterocycles. The number of allylic oxidation sites excluding steroid dienone is 13. The van der Waals surface area contributed by atoms with Crippen LogP contribution in [0, 0.1) is 0 Å². The summed E-state index contributed by atoms with van der Waals surface area (Å²) in [6, 6.07) is 49.1. The maximum atomic E-state index is 4.61. The van der Waals surface area contributed by atoms with E-state index in [0.29, 0.717) is 0 Å². The number of hydrogen-bond donors (Lipinski definition) is 0. The van der Waals surface area contributed by atoms with Gasteiger partial charge < -0.3 is 9.80 Å². The van der Waals surface area contributed by atoms with Crippen LogP contribution in [-0.2, 0) is 19.3 Å². The molecule has 0 bridgehead atoms. The van der Waals surface area contributed by atoms with E-state index in [4.69, 9.17) is 0 Å². The van der Waals surface area contributed by atoms with Crippen molar-refractivity contribution in [1.29, 1.82) is 0 Å². The second-order valence-electron chi connectivity index (χ2n) is 17.8. The van der Waals surface area contributed by atoms with Crippen molar-refractivity contribution >= 4 is 50.6 Å². The van der Waals surface area contributed by atoms with Gasteiger partial charge in [-0.05, 0) is 176 Å². The van der Waals surface area contributed by atoms with Gasteiger partial charge in [0, 0.05) is 34.7 Å². The van der Waals surface area contributed by atoms with E-state index in [9.17, 15) is 0 Å². The first kappa shape index (κ1) is 41.7. The van der Waals surface area contributed by atoms with Crippen molar-refractivity contribution in [1.82, 2.24) is 0 Å². The summed E-state index contributed by atoms with van der Waals surface area (Å²) in [5, 5.41) is 5.05. The fourth-order valence-electron chi connectivity index (χ4n) is 10.8. The minimum atomic E-state index is 0.754. The number of rotatable bonds is 9. The fourth-order valence-corrected chi connectivity index (χ4v) is 10.8. The molecule has 0 saturated heterocycles. The zero-order valence-corrected chi connectivity index (χ0v) is 38.0. The lowest BCUT2D eigenvalue weighted by Gasteiger charge is -2.32. The normalized spacial score (nSPS) is 16.9. The Morgan fingerprint density at radius 2 is 1.24 bits per heavy atom. The molecule has 4 aliphatic rings. The van der Waals surface area contributed by atoms with Crippen molar-refractivity contribution < 1.29 is 0 Å². The molecule has 11 rings (SSSR count). The molecule has 324 valence electrons. The third kappa shape index (κ3) is 8.00. The van der Waals surface area contributed by atoms with Crippen molar-refractivity contribution in [2.24, 2.45) is 0 Å². The third-order valence-electron chi connectivity index (χ3n) is 13.9. The molecular weight excluding hydrogens is 809 g/mol. The Kier molecular flexibility index (Phi) is 11.5. The van der Waals surface area contributed by atoms with Gasteiger partial charge in [-0.3, -0.25) is 0 Å². The number of hydrogen-bond acceptors (Lipinski definition) is 2. The maximum Gasteiger partial charge on any atom is 0.0490 e. The minimum absolute atomic E-state index is 0.754. The van der Waals surface area contributed by atoms with Crippen LogP contribution in [0.5, 0.6) is 0 Å². The van der Waals surface area contributed by atoms with Crippen LogP contribution in [0.25, 0.3) is 61.5 Å². The van der Waals surface area contributed by atoms with E-state index in [0.717, 1.165) is 67.7 Å². The number of fused-ring (bicyclic) bond motifs is 7. The lowest BCUT2D eigenvalue weighted by molar-refractivity contribution is 0.894. The number of para-hydroxylation sites is 1. The summed E-state index contributed by atoms with van der Waals surface area (Å²) in [5.41, 5.74) is 20.4. The van der Waals surface area contributed by atoms with Crippen LogP contribution in [0.3, 0.4) is 0 Å². The molecule has 2 heteroatoms. The number of benzene rings is 7. The van der Waals surface area contributed by atoms with Gasteiger partial charge in [-0.1, -0.05) is 177 Å². The van der Waals surface area contributed by atoms with Crippen molar-refractivity contribution in [3.63, 3.8) is 0 Å². The van der Waals surface area contributed by atoms with Crippen LogP contribution in [0.4, 0.5) is 11.4 Å². The smallest absolute Gasteiger partial charge is 0.0490 e. The number of anilines is 2. The van der Waals surface area contributed by atoms with Gasteiger partial charge in [-0.2, -0.15) is 0 Å². The van der Waals surface area contributed by atoms with Gasteiger partial charge >= 0.3 is 0 Å². The summed E-state index contributed by atoms with van der Waals surface area (Å²) in [6.07, 6.45) is 38.1. The first-order valence-corrected chi connectivity index (χ1v) is 23.9. The first-order valence-electron chi connectivity index (χ1n) is 23.9. The monoisotopic (exact) mass is 862 g/mol. The highest BCUT2D eigenvalue weighted by molar-refractivity contribution is 6.21. The topological polar surface area (TPSA) is 6.48 Å². The van der Waals surface area contributed by atoms with Gasteiger partial charge in [0.15, 0.2) is 0 Å². The molecule has 0 atom stereocenters. The van der Waals surface area contributed by atoms with E-state index < -0.39 is 0 Å². The van der Waals surface area contributed by atoms with Crippen LogP contribution in [0.1, 0.15) is 59.1 Å². The van der Waals surface area contributed by atoms with Crippen molar-refractivity contribution in [2.45, 2.75) is 44.9 Å². The Labute approximate surface area is 395 Å². The third-order valence-corrected chi connectivity index (χ3v) is 13.9. The average molecular weight is 863 g/mol. The SMILES string of the molecule is C=C/C=C\C=C/N1C(=C)/C=C\C(N(C2=CC=C(c3cc4c(c5c3C=CCC5)CCC=C4)CC2)c2ccc(-c3c(-c4ccccc4)c4ccccc4c4ccccc34)cc2)=C/Cc2ccccc21. The molecule has 0 N–H and O–H groups in total. The van der Waals surface area contributed by atoms with Crippen molar-refractivity contribution in [2.75, 3.05) is 9.80 Å². The highest BCUT2D eigenvalue weighted by Gasteiger charge is 2.25. The summed E-state index contributed by atoms with van der Waals surface area (Å²) in [4.78, 5) is 4.68. The summed E-state index contributed by atoms with van der Waals surface area (Å²) in [6.45, 7) is 8.46. The van der Waals surface area contributed by atoms with E-state index in [1.54, 1.807) is 17.2 Å². The molecule has 0 amide bonds. The van der Waals surface area contributed by atoms with E-state index in [-0.39, 0.29) is 0 Å². The summed E-state index contributed by atoms with van der Waals surface area (Å²) >= 11 is 0. The quantitative estimate of drug-likeness (QED) is 0.105. The maximum absolute atomic E-state index is 4.61. The second-order valence-corrected chi connectivity index (χ2v) is 17.8. The summed E-state index contributed by atoms with van der Waals surface area (Å²) in [7, 11) is 0. The minimum Gasteiger partial charge on any atom is -0.318 e. The molecule has 3 aliphatic carbocycles. The Morgan fingerprint density at radius 3 is 1.97 bits per heavy atom. The number of nitrogens with zero attached hydrogens (tertiary/aromatic N) is 2. The van der Waals surface area contributed by atoms with Gasteiger partial charge in [0.05, 0.1) is 0 Å². The predicted octanol–water partition coefficient (Wildman–Crippen LogP) is 17.1.